The molecule has 2 amide bonds. The number of ketones is 2. The minimum atomic E-state index is -5.77. The van der Waals surface area contributed by atoms with E-state index in [0.717, 1.165) is 61.3 Å². The first-order valence-electron chi connectivity index (χ1n) is 14.3. The number of piperidine rings is 1. The molecule has 0 saturated carbocycles. The lowest BCUT2D eigenvalue weighted by Gasteiger charge is -2.26. The van der Waals surface area contributed by atoms with Gasteiger partial charge in [0.2, 0.25) is 0 Å². The number of hydrogen-bond donors (Lipinski definition) is 3. The number of pyridine rings is 1. The van der Waals surface area contributed by atoms with Crippen molar-refractivity contribution in [3.05, 3.63) is 57.8 Å². The number of nitrogens with zero attached hydrogens (tertiary/aromatic N) is 3. The largest absolute Gasteiger partial charge is 0.489 e. The fraction of sp³-hybridized carbons (Fsp3) is 0.379. The molecule has 0 bridgehead atoms. The van der Waals surface area contributed by atoms with E-state index in [4.69, 9.17) is 4.74 Å². The zero-order chi connectivity index (χ0) is 35.1. The summed E-state index contributed by atoms with van der Waals surface area (Å²) >= 11 is 4.64. The van der Waals surface area contributed by atoms with Crippen LogP contribution in [0.4, 0.5) is 42.8 Å². The van der Waals surface area contributed by atoms with Crippen molar-refractivity contribution in [2.75, 3.05) is 41.7 Å². The maximum absolute atomic E-state index is 13.5. The van der Waals surface area contributed by atoms with Crippen molar-refractivity contribution in [1.29, 1.82) is 0 Å². The summed E-state index contributed by atoms with van der Waals surface area (Å²) in [4.78, 5) is 56.2. The van der Waals surface area contributed by atoms with Crippen LogP contribution in [0, 0.1) is 0 Å². The SMILES string of the molecule is O=C(C(=O)C(F)(F)F)C(F)(F)F.O=C(Nc1ncc(Br)s1)c1ccncc1NC(=O)c1ccc(N2CCCC2)cc1OC1CCNCC1. The highest BCUT2D eigenvalue weighted by Crippen LogP contribution is 2.31. The maximum atomic E-state index is 13.5. The monoisotopic (exact) mass is 764 g/mol. The molecule has 19 heteroatoms. The number of rotatable bonds is 8. The van der Waals surface area contributed by atoms with E-state index in [1.165, 1.54) is 23.7 Å². The van der Waals surface area contributed by atoms with Gasteiger partial charge >= 0.3 is 23.9 Å². The molecule has 258 valence electrons. The van der Waals surface area contributed by atoms with Crippen molar-refractivity contribution in [2.45, 2.75) is 44.1 Å². The summed E-state index contributed by atoms with van der Waals surface area (Å²) < 4.78 is 74.1. The third kappa shape index (κ3) is 9.96. The standard InChI is InChI=1S/C25H27BrN6O3S.C4F6O2/c26-22-15-29-25(36-22)31-23(33)18-7-10-28-14-20(18)30-24(34)19-4-3-16(32-11-1-2-12-32)13-21(19)35-17-5-8-27-9-6-17;5-3(6,7)1(11)2(12)4(8,9)10/h3-4,7,10,13-15,17,27H,1-2,5-6,8-9,11-12H2,(H,30,34)(H,29,31,33);. The average molecular weight is 766 g/mol. The molecule has 0 spiro atoms. The molecule has 2 aliphatic rings. The van der Waals surface area contributed by atoms with Gasteiger partial charge in [-0.1, -0.05) is 11.3 Å². The van der Waals surface area contributed by atoms with Gasteiger partial charge in [0.1, 0.15) is 11.9 Å². The van der Waals surface area contributed by atoms with Crippen molar-refractivity contribution < 1.29 is 50.3 Å². The van der Waals surface area contributed by atoms with E-state index in [0.29, 0.717) is 27.7 Å². The highest BCUT2D eigenvalue weighted by Gasteiger charge is 2.54. The molecule has 11 nitrogen and oxygen atoms in total. The van der Waals surface area contributed by atoms with Crippen molar-refractivity contribution in [3.63, 3.8) is 0 Å². The molecule has 0 aliphatic carbocycles. The predicted molar refractivity (Wildman–Crippen MR) is 166 cm³/mol. The fourth-order valence-electron chi connectivity index (χ4n) is 4.68. The molecule has 3 N–H and O–H groups in total. The van der Waals surface area contributed by atoms with Gasteiger partial charge in [-0.2, -0.15) is 26.3 Å². The molecular formula is C29H27BrF6N6O5S. The van der Waals surface area contributed by atoms with Crippen LogP contribution in [0.25, 0.3) is 0 Å². The minimum absolute atomic E-state index is 0.0454. The van der Waals surface area contributed by atoms with Gasteiger partial charge in [0, 0.05) is 31.0 Å². The first-order chi connectivity index (χ1) is 22.6. The fourth-order valence-corrected chi connectivity index (χ4v) is 5.78. The third-order valence-corrected chi connectivity index (χ3v) is 8.39. The Morgan fingerprint density at radius 2 is 1.52 bits per heavy atom. The zero-order valence-corrected chi connectivity index (χ0v) is 27.1. The number of nitrogens with one attached hydrogen (secondary N) is 3. The van der Waals surface area contributed by atoms with Gasteiger partial charge in [0.25, 0.3) is 11.8 Å². The summed E-state index contributed by atoms with van der Waals surface area (Å²) in [7, 11) is 0. The van der Waals surface area contributed by atoms with Gasteiger partial charge in [-0.05, 0) is 72.9 Å². The number of Topliss-reactive ketones (excluding diaryl/α,β-unsaturated/α-hetero) is 2. The molecule has 2 aromatic heterocycles. The Morgan fingerprint density at radius 3 is 2.10 bits per heavy atom. The number of aromatic nitrogens is 2. The molecule has 1 aromatic carbocycles. The molecule has 3 aromatic rings. The Morgan fingerprint density at radius 1 is 0.896 bits per heavy atom. The Balaban J connectivity index is 0.000000371. The zero-order valence-electron chi connectivity index (χ0n) is 24.7. The number of alkyl halides is 6. The van der Waals surface area contributed by atoms with E-state index >= 15 is 0 Å². The van der Waals surface area contributed by atoms with Gasteiger partial charge in [-0.25, -0.2) is 4.98 Å². The van der Waals surface area contributed by atoms with Crippen molar-refractivity contribution in [1.82, 2.24) is 15.3 Å². The summed E-state index contributed by atoms with van der Waals surface area (Å²) in [6.45, 7) is 3.79. The number of anilines is 3. The third-order valence-electron chi connectivity index (χ3n) is 6.99. The Labute approximate surface area is 281 Å². The van der Waals surface area contributed by atoms with Crippen molar-refractivity contribution in [3.8, 4) is 5.75 Å². The molecule has 0 unspecified atom stereocenters. The van der Waals surface area contributed by atoms with Crippen LogP contribution in [-0.4, -0.2) is 78.0 Å². The maximum Gasteiger partial charge on any atom is 0.458 e. The highest BCUT2D eigenvalue weighted by molar-refractivity contribution is 9.11. The van der Waals surface area contributed by atoms with Crippen LogP contribution in [-0.2, 0) is 9.59 Å². The molecule has 2 saturated heterocycles. The second-order valence-electron chi connectivity index (χ2n) is 10.4. The molecule has 5 rings (SSSR count). The van der Waals surface area contributed by atoms with E-state index < -0.39 is 23.9 Å². The van der Waals surface area contributed by atoms with Gasteiger partial charge in [-0.3, -0.25) is 29.5 Å². The summed E-state index contributed by atoms with van der Waals surface area (Å²) in [5.74, 6) is -6.99. The van der Waals surface area contributed by atoms with Gasteiger partial charge < -0.3 is 20.3 Å². The number of thiazole rings is 1. The number of benzene rings is 1. The van der Waals surface area contributed by atoms with Crippen LogP contribution < -0.4 is 25.6 Å². The molecule has 48 heavy (non-hydrogen) atoms. The van der Waals surface area contributed by atoms with Crippen molar-refractivity contribution in [2.24, 2.45) is 0 Å². The lowest BCUT2D eigenvalue weighted by Crippen LogP contribution is -2.39. The summed E-state index contributed by atoms with van der Waals surface area (Å²) in [5.41, 5.74) is 2.09. The van der Waals surface area contributed by atoms with Crippen molar-refractivity contribution >= 4 is 67.2 Å². The molecule has 2 aliphatic heterocycles. The number of hydrogen-bond acceptors (Lipinski definition) is 10. The van der Waals surface area contributed by atoms with Gasteiger partial charge in [-0.15, -0.1) is 0 Å². The average Bonchev–Trinajstić information content (AvgIpc) is 3.72. The normalized spacial score (nSPS) is 15.3. The minimum Gasteiger partial charge on any atom is -0.489 e. The van der Waals surface area contributed by atoms with Gasteiger partial charge in [0.05, 0.1) is 33.0 Å². The highest BCUT2D eigenvalue weighted by atomic mass is 79.9. The van der Waals surface area contributed by atoms with E-state index in [9.17, 15) is 45.5 Å². The van der Waals surface area contributed by atoms with Crippen LogP contribution in [0.2, 0.25) is 0 Å². The molecular weight excluding hydrogens is 738 g/mol. The molecule has 2 fully saturated rings. The summed E-state index contributed by atoms with van der Waals surface area (Å²) in [6, 6.07) is 7.31. The van der Waals surface area contributed by atoms with Crippen LogP contribution in [0.5, 0.6) is 5.75 Å². The lowest BCUT2D eigenvalue weighted by molar-refractivity contribution is -0.193. The van der Waals surface area contributed by atoms with Crippen LogP contribution >= 0.6 is 27.3 Å². The Bertz CT molecular complexity index is 1620. The quantitative estimate of drug-likeness (QED) is 0.192. The second-order valence-corrected chi connectivity index (χ2v) is 12.8. The summed E-state index contributed by atoms with van der Waals surface area (Å²) in [6.07, 6.45) is -2.81. The number of halogens is 7. The first-order valence-corrected chi connectivity index (χ1v) is 15.9. The smallest absolute Gasteiger partial charge is 0.458 e. The number of amides is 2. The number of carbonyl (C=O) groups is 4. The topological polar surface area (TPSA) is 143 Å². The van der Waals surface area contributed by atoms with E-state index in [-0.39, 0.29) is 17.9 Å². The van der Waals surface area contributed by atoms with E-state index in [2.05, 4.69) is 46.7 Å². The number of ether oxygens (including phenoxy) is 1. The Hall–Kier alpha value is -4.10. The van der Waals surface area contributed by atoms with Gasteiger partial charge in [0.15, 0.2) is 5.13 Å². The first kappa shape index (κ1) is 36.7. The molecule has 4 heterocycles. The lowest BCUT2D eigenvalue weighted by atomic mass is 10.1. The van der Waals surface area contributed by atoms with Crippen LogP contribution in [0.3, 0.4) is 0 Å². The second kappa shape index (κ2) is 15.9. The van der Waals surface area contributed by atoms with E-state index in [1.54, 1.807) is 12.3 Å². The summed E-state index contributed by atoms with van der Waals surface area (Å²) in [5, 5.41) is 9.43. The molecule has 0 atom stereocenters. The predicted octanol–water partition coefficient (Wildman–Crippen LogP) is 5.79. The number of carbonyl (C=O) groups excluding carboxylic acids is 4. The van der Waals surface area contributed by atoms with Crippen LogP contribution in [0.1, 0.15) is 46.4 Å². The molecule has 0 radical (unpaired) electrons. The van der Waals surface area contributed by atoms with Crippen LogP contribution in [0.15, 0.2) is 46.6 Å². The Kier molecular flexibility index (Phi) is 12.1. The van der Waals surface area contributed by atoms with E-state index in [1.807, 2.05) is 18.2 Å².